The van der Waals surface area contributed by atoms with Crippen LogP contribution in [0, 0.1) is 5.92 Å². The highest BCUT2D eigenvalue weighted by molar-refractivity contribution is 5.90. The minimum absolute atomic E-state index is 0.213. The Morgan fingerprint density at radius 2 is 2.06 bits per heavy atom. The molecule has 0 bridgehead atoms. The van der Waals surface area contributed by atoms with Crippen LogP contribution < -0.4 is 5.32 Å². The van der Waals surface area contributed by atoms with Crippen LogP contribution in [0.1, 0.15) is 33.6 Å². The summed E-state index contributed by atoms with van der Waals surface area (Å²) in [6.45, 7) is 5.19. The molecular formula is C12H19NO5. The normalized spacial score (nSPS) is 26.1. The first-order valence-electron chi connectivity index (χ1n) is 5.78. The summed E-state index contributed by atoms with van der Waals surface area (Å²) in [6, 6.07) is 0. The number of rotatable bonds is 4. The molecule has 0 spiro atoms. The first-order chi connectivity index (χ1) is 8.25. The molecule has 2 atom stereocenters. The molecule has 1 aliphatic carbocycles. The predicted molar refractivity (Wildman–Crippen MR) is 62.9 cm³/mol. The molecule has 0 heterocycles. The smallest absolute Gasteiger partial charge is 0.408 e. The molecule has 1 saturated carbocycles. The number of hydrogen-bond donors (Lipinski definition) is 1. The number of aldehydes is 1. The zero-order valence-corrected chi connectivity index (χ0v) is 11.1. The van der Waals surface area contributed by atoms with Gasteiger partial charge in [0, 0.05) is 12.3 Å². The van der Waals surface area contributed by atoms with Crippen LogP contribution in [-0.4, -0.2) is 36.6 Å². The van der Waals surface area contributed by atoms with Crippen molar-refractivity contribution in [3.63, 3.8) is 0 Å². The summed E-state index contributed by atoms with van der Waals surface area (Å²) in [4.78, 5) is 33.8. The van der Waals surface area contributed by atoms with Gasteiger partial charge in [-0.05, 0) is 27.2 Å². The van der Waals surface area contributed by atoms with Gasteiger partial charge in [0.2, 0.25) is 0 Å². The van der Waals surface area contributed by atoms with E-state index in [1.807, 2.05) is 0 Å². The molecule has 1 aliphatic rings. The molecule has 0 aliphatic heterocycles. The topological polar surface area (TPSA) is 81.7 Å². The average Bonchev–Trinajstić information content (AvgIpc) is 2.89. The third-order valence-corrected chi connectivity index (χ3v) is 2.76. The monoisotopic (exact) mass is 257 g/mol. The second-order valence-electron chi connectivity index (χ2n) is 5.39. The molecule has 0 aromatic carbocycles. The number of ether oxygens (including phenoxy) is 2. The van der Waals surface area contributed by atoms with Gasteiger partial charge >= 0.3 is 12.1 Å². The van der Waals surface area contributed by atoms with Crippen molar-refractivity contribution in [2.45, 2.75) is 44.8 Å². The van der Waals surface area contributed by atoms with E-state index in [1.165, 1.54) is 7.11 Å². The summed E-state index contributed by atoms with van der Waals surface area (Å²) < 4.78 is 9.75. The van der Waals surface area contributed by atoms with Gasteiger partial charge in [0.1, 0.15) is 17.4 Å². The van der Waals surface area contributed by atoms with Crippen LogP contribution in [0.5, 0.6) is 0 Å². The van der Waals surface area contributed by atoms with E-state index in [-0.39, 0.29) is 12.3 Å². The molecule has 1 amide bonds. The fraction of sp³-hybridized carbons (Fsp3) is 0.750. The van der Waals surface area contributed by atoms with Crippen LogP contribution in [0.4, 0.5) is 4.79 Å². The van der Waals surface area contributed by atoms with Crippen molar-refractivity contribution < 1.29 is 23.9 Å². The summed E-state index contributed by atoms with van der Waals surface area (Å²) >= 11 is 0. The number of esters is 1. The number of alkyl carbamates (subject to hydrolysis) is 1. The zero-order valence-electron chi connectivity index (χ0n) is 11.1. The lowest BCUT2D eigenvalue weighted by Gasteiger charge is -2.23. The van der Waals surface area contributed by atoms with E-state index in [4.69, 9.17) is 4.74 Å². The van der Waals surface area contributed by atoms with Gasteiger partial charge < -0.3 is 19.6 Å². The highest BCUT2D eigenvalue weighted by Gasteiger charge is 2.62. The second kappa shape index (κ2) is 4.96. The Labute approximate surface area is 106 Å². The molecule has 0 radical (unpaired) electrons. The molecule has 18 heavy (non-hydrogen) atoms. The summed E-state index contributed by atoms with van der Waals surface area (Å²) in [7, 11) is 1.25. The van der Waals surface area contributed by atoms with Crippen LogP contribution in [0.25, 0.3) is 0 Å². The molecule has 0 unspecified atom stereocenters. The number of carbonyl (C=O) groups excluding carboxylic acids is 3. The lowest BCUT2D eigenvalue weighted by atomic mass is 10.1. The Morgan fingerprint density at radius 3 is 2.50 bits per heavy atom. The standard InChI is InChI=1S/C12H19NO5/c1-11(2,3)18-10(16)13-12(9(15)17-4)7-8(12)5-6-14/h6,8H,5,7H2,1-4H3,(H,13,16)/t8-,12-/m1/s1. The summed E-state index contributed by atoms with van der Waals surface area (Å²) in [5.74, 6) is -0.754. The van der Waals surface area contributed by atoms with Gasteiger partial charge in [-0.3, -0.25) is 0 Å². The Bertz CT molecular complexity index is 360. The number of nitrogens with one attached hydrogen (secondary N) is 1. The summed E-state index contributed by atoms with van der Waals surface area (Å²) in [6.07, 6.45) is 0.663. The van der Waals surface area contributed by atoms with E-state index in [0.717, 1.165) is 6.29 Å². The molecule has 0 aromatic rings. The lowest BCUT2D eigenvalue weighted by Crippen LogP contribution is -2.47. The van der Waals surface area contributed by atoms with Crippen LogP contribution in [0.3, 0.4) is 0 Å². The highest BCUT2D eigenvalue weighted by atomic mass is 16.6. The molecule has 6 heteroatoms. The molecule has 102 valence electrons. The first-order valence-corrected chi connectivity index (χ1v) is 5.78. The zero-order chi connectivity index (χ0) is 14.0. The van der Waals surface area contributed by atoms with Crippen LogP contribution >= 0.6 is 0 Å². The third kappa shape index (κ3) is 3.21. The number of carbonyl (C=O) groups is 3. The Hall–Kier alpha value is -1.59. The molecular weight excluding hydrogens is 238 g/mol. The summed E-state index contributed by atoms with van der Waals surface area (Å²) in [5.41, 5.74) is -1.74. The Kier molecular flexibility index (Phi) is 3.98. The van der Waals surface area contributed by atoms with E-state index >= 15 is 0 Å². The van der Waals surface area contributed by atoms with Crippen molar-refractivity contribution in [2.75, 3.05) is 7.11 Å². The fourth-order valence-electron chi connectivity index (χ4n) is 1.85. The van der Waals surface area contributed by atoms with Crippen LogP contribution in [-0.2, 0) is 19.1 Å². The van der Waals surface area contributed by atoms with E-state index in [2.05, 4.69) is 10.1 Å². The number of amides is 1. The maximum absolute atomic E-state index is 11.7. The van der Waals surface area contributed by atoms with Crippen LogP contribution in [0.15, 0.2) is 0 Å². The SMILES string of the molecule is COC(=O)[C@@]1(NC(=O)OC(C)(C)C)C[C@H]1CC=O. The van der Waals surface area contributed by atoms with Gasteiger partial charge in [0.15, 0.2) is 0 Å². The number of hydrogen-bond acceptors (Lipinski definition) is 5. The number of methoxy groups -OCH3 is 1. The van der Waals surface area contributed by atoms with Gasteiger partial charge in [-0.2, -0.15) is 0 Å². The Balaban J connectivity index is 2.68. The van der Waals surface area contributed by atoms with E-state index in [0.29, 0.717) is 6.42 Å². The van der Waals surface area contributed by atoms with Crippen molar-refractivity contribution in [3.05, 3.63) is 0 Å². The van der Waals surface area contributed by atoms with Gasteiger partial charge in [-0.25, -0.2) is 9.59 Å². The van der Waals surface area contributed by atoms with Gasteiger partial charge in [-0.15, -0.1) is 0 Å². The molecule has 6 nitrogen and oxygen atoms in total. The van der Waals surface area contributed by atoms with Crippen molar-refractivity contribution in [2.24, 2.45) is 5.92 Å². The van der Waals surface area contributed by atoms with E-state index in [9.17, 15) is 14.4 Å². The quantitative estimate of drug-likeness (QED) is 0.601. The molecule has 1 fully saturated rings. The van der Waals surface area contributed by atoms with Gasteiger partial charge in [0.25, 0.3) is 0 Å². The summed E-state index contributed by atoms with van der Waals surface area (Å²) in [5, 5.41) is 2.51. The van der Waals surface area contributed by atoms with E-state index in [1.54, 1.807) is 20.8 Å². The maximum Gasteiger partial charge on any atom is 0.408 e. The highest BCUT2D eigenvalue weighted by Crippen LogP contribution is 2.46. The Morgan fingerprint density at radius 1 is 1.44 bits per heavy atom. The predicted octanol–water partition coefficient (Wildman–Crippen LogP) is 1.03. The largest absolute Gasteiger partial charge is 0.467 e. The van der Waals surface area contributed by atoms with Crippen molar-refractivity contribution in [1.82, 2.24) is 5.32 Å². The lowest BCUT2D eigenvalue weighted by molar-refractivity contribution is -0.144. The molecule has 1 N–H and O–H groups in total. The minimum atomic E-state index is -1.10. The van der Waals surface area contributed by atoms with Crippen LogP contribution in [0.2, 0.25) is 0 Å². The van der Waals surface area contributed by atoms with E-state index < -0.39 is 23.2 Å². The van der Waals surface area contributed by atoms with Crippen molar-refractivity contribution in [3.8, 4) is 0 Å². The first kappa shape index (κ1) is 14.5. The average molecular weight is 257 g/mol. The molecule has 0 aromatic heterocycles. The maximum atomic E-state index is 11.7. The second-order valence-corrected chi connectivity index (χ2v) is 5.39. The van der Waals surface area contributed by atoms with Crippen molar-refractivity contribution >= 4 is 18.3 Å². The molecule has 1 rings (SSSR count). The minimum Gasteiger partial charge on any atom is -0.467 e. The fourth-order valence-corrected chi connectivity index (χ4v) is 1.85. The van der Waals surface area contributed by atoms with Crippen molar-refractivity contribution in [1.29, 1.82) is 0 Å². The third-order valence-electron chi connectivity index (χ3n) is 2.76. The molecule has 0 saturated heterocycles. The van der Waals surface area contributed by atoms with Gasteiger partial charge in [0.05, 0.1) is 7.11 Å². The van der Waals surface area contributed by atoms with Gasteiger partial charge in [-0.1, -0.05) is 0 Å².